The largest absolute Gasteiger partial charge is 0.481 e. The molecule has 0 bridgehead atoms. The van der Waals surface area contributed by atoms with Gasteiger partial charge in [0, 0.05) is 12.8 Å². The topological polar surface area (TPSA) is 159 Å². The van der Waals surface area contributed by atoms with E-state index in [4.69, 9.17) is 23.9 Å². The summed E-state index contributed by atoms with van der Waals surface area (Å²) in [4.78, 5) is 45.9. The third-order valence-corrected chi connectivity index (χ3v) is 3.84. The van der Waals surface area contributed by atoms with Crippen LogP contribution < -0.4 is 10.5 Å². The van der Waals surface area contributed by atoms with Gasteiger partial charge in [-0.05, 0) is 19.9 Å². The molecule has 0 fully saturated rings. The Kier molecular flexibility index (Phi) is 34.5. The SMILES string of the molecule is C.C.C.C.C[B]OCCOC(=O)C(CCC(=O)O)N[B]OCCOC(=O)C(CCC(=O)OC)NC. The quantitative estimate of drug-likeness (QED) is 0.0993. The third-order valence-electron chi connectivity index (χ3n) is 3.84. The van der Waals surface area contributed by atoms with E-state index in [0.29, 0.717) is 0 Å². The lowest BCUT2D eigenvalue weighted by molar-refractivity contribution is -0.148. The van der Waals surface area contributed by atoms with Crippen molar-refractivity contribution in [3.05, 3.63) is 0 Å². The molecule has 206 valence electrons. The lowest BCUT2D eigenvalue weighted by Crippen LogP contribution is -2.42. The molecule has 0 saturated heterocycles. The Labute approximate surface area is 212 Å². The average molecular weight is 508 g/mol. The molecule has 0 aromatic rings. The number of carboxylic acid groups (broad SMARTS) is 1. The van der Waals surface area contributed by atoms with Gasteiger partial charge in [0.05, 0.1) is 26.4 Å². The first-order valence-electron chi connectivity index (χ1n) is 9.73. The minimum Gasteiger partial charge on any atom is -0.481 e. The number of hydrogen-bond acceptors (Lipinski definition) is 11. The van der Waals surface area contributed by atoms with Crippen LogP contribution in [0.15, 0.2) is 0 Å². The molecule has 35 heavy (non-hydrogen) atoms. The zero-order valence-electron chi connectivity index (χ0n) is 18.1. The van der Waals surface area contributed by atoms with Crippen LogP contribution in [-0.4, -0.2) is 96.8 Å². The highest BCUT2D eigenvalue weighted by Crippen LogP contribution is 2.02. The van der Waals surface area contributed by atoms with Gasteiger partial charge in [0.15, 0.2) is 0 Å². The summed E-state index contributed by atoms with van der Waals surface area (Å²) in [5.74, 6) is -2.67. The molecule has 2 atom stereocenters. The Morgan fingerprint density at radius 1 is 0.829 bits per heavy atom. The molecule has 12 nitrogen and oxygen atoms in total. The molecule has 0 aliphatic rings. The Morgan fingerprint density at radius 2 is 1.34 bits per heavy atom. The standard InChI is InChI=1S/C17H30B2N2O10.4CH4/c1-18-30-10-8-29-17(26)13(4-6-14(22)23)21-19-31-11-9-28-16(25)12(20-2)5-7-15(24)27-3;;;;/h12-13,20-21H,4-11H2,1-3H3,(H,22,23);4*1H4. The fraction of sp³-hybridized carbons (Fsp3) is 0.810. The van der Waals surface area contributed by atoms with Gasteiger partial charge in [-0.2, -0.15) is 0 Å². The van der Waals surface area contributed by atoms with Crippen molar-refractivity contribution in [3.63, 3.8) is 0 Å². The van der Waals surface area contributed by atoms with Crippen molar-refractivity contribution >= 4 is 39.0 Å². The first-order chi connectivity index (χ1) is 14.8. The molecule has 0 aromatic heterocycles. The van der Waals surface area contributed by atoms with Crippen molar-refractivity contribution in [2.24, 2.45) is 0 Å². The minimum absolute atomic E-state index is 0. The van der Waals surface area contributed by atoms with Crippen LogP contribution >= 0.6 is 0 Å². The van der Waals surface area contributed by atoms with E-state index in [1.165, 1.54) is 14.6 Å². The van der Waals surface area contributed by atoms with Crippen molar-refractivity contribution in [2.75, 3.05) is 40.6 Å². The Bertz CT molecular complexity index is 556. The summed E-state index contributed by atoms with van der Waals surface area (Å²) in [5, 5.41) is 14.2. The maximum atomic E-state index is 12.0. The van der Waals surface area contributed by atoms with Gasteiger partial charge in [0.2, 0.25) is 0 Å². The second-order valence-corrected chi connectivity index (χ2v) is 6.04. The molecule has 0 amide bonds. The normalized spacial score (nSPS) is 10.9. The Morgan fingerprint density at radius 3 is 1.83 bits per heavy atom. The number of aliphatic carboxylic acids is 1. The zero-order chi connectivity index (χ0) is 23.5. The highest BCUT2D eigenvalue weighted by Gasteiger charge is 2.22. The van der Waals surface area contributed by atoms with E-state index in [2.05, 4.69) is 15.3 Å². The molecule has 0 aliphatic heterocycles. The summed E-state index contributed by atoms with van der Waals surface area (Å²) in [5.41, 5.74) is 0. The van der Waals surface area contributed by atoms with E-state index in [1.54, 1.807) is 13.9 Å². The lowest BCUT2D eigenvalue weighted by atomic mass is 10.1. The minimum atomic E-state index is -1.05. The lowest BCUT2D eigenvalue weighted by Gasteiger charge is -2.17. The van der Waals surface area contributed by atoms with E-state index in [0.717, 1.165) is 7.62 Å². The van der Waals surface area contributed by atoms with Gasteiger partial charge in [-0.25, -0.2) is 0 Å². The molecule has 3 N–H and O–H groups in total. The van der Waals surface area contributed by atoms with Crippen molar-refractivity contribution in [1.82, 2.24) is 10.5 Å². The number of ether oxygens (including phenoxy) is 3. The average Bonchev–Trinajstić information content (AvgIpc) is 2.75. The number of methoxy groups -OCH3 is 1. The summed E-state index contributed by atoms with van der Waals surface area (Å²) < 4.78 is 24.7. The van der Waals surface area contributed by atoms with Crippen LogP contribution in [0.3, 0.4) is 0 Å². The van der Waals surface area contributed by atoms with Gasteiger partial charge in [-0.1, -0.05) is 36.5 Å². The molecular weight excluding hydrogens is 462 g/mol. The summed E-state index contributed by atoms with van der Waals surface area (Å²) in [7, 11) is 5.41. The number of hydrogen-bond donors (Lipinski definition) is 3. The fourth-order valence-electron chi connectivity index (χ4n) is 2.17. The van der Waals surface area contributed by atoms with Crippen molar-refractivity contribution in [3.8, 4) is 0 Å². The van der Waals surface area contributed by atoms with Gasteiger partial charge in [0.1, 0.15) is 19.3 Å². The number of esters is 3. The maximum Gasteiger partial charge on any atom is 0.396 e. The molecule has 2 radical (unpaired) electrons. The van der Waals surface area contributed by atoms with Gasteiger partial charge < -0.3 is 39.2 Å². The molecule has 0 spiro atoms. The highest BCUT2D eigenvalue weighted by molar-refractivity contribution is 6.24. The van der Waals surface area contributed by atoms with Crippen molar-refractivity contribution in [1.29, 1.82) is 0 Å². The number of rotatable bonds is 19. The van der Waals surface area contributed by atoms with Crippen LogP contribution in [0.5, 0.6) is 0 Å². The molecule has 2 unspecified atom stereocenters. The van der Waals surface area contributed by atoms with Gasteiger partial charge >= 0.3 is 31.5 Å². The first kappa shape index (κ1) is 43.0. The number of carbonyl (C=O) groups excluding carboxylic acids is 3. The first-order valence-corrected chi connectivity index (χ1v) is 9.73. The molecular formula is C21H46B2N2O10. The van der Waals surface area contributed by atoms with E-state index < -0.39 is 36.0 Å². The predicted molar refractivity (Wildman–Crippen MR) is 136 cm³/mol. The van der Waals surface area contributed by atoms with Crippen molar-refractivity contribution < 1.29 is 47.8 Å². The van der Waals surface area contributed by atoms with Crippen LogP contribution in [0.1, 0.15) is 55.4 Å². The Balaban J connectivity index is -0.000000750. The van der Waals surface area contributed by atoms with Crippen LogP contribution in [0.2, 0.25) is 6.82 Å². The fourth-order valence-corrected chi connectivity index (χ4v) is 2.17. The molecule has 0 heterocycles. The highest BCUT2D eigenvalue weighted by atomic mass is 16.6. The number of nitrogens with one attached hydrogen (secondary N) is 2. The van der Waals surface area contributed by atoms with Gasteiger partial charge in [-0.15, -0.1) is 0 Å². The van der Waals surface area contributed by atoms with Gasteiger partial charge in [0.25, 0.3) is 7.48 Å². The Hall–Kier alpha value is -2.15. The monoisotopic (exact) mass is 508 g/mol. The van der Waals surface area contributed by atoms with Crippen LogP contribution in [0.25, 0.3) is 0 Å². The van der Waals surface area contributed by atoms with E-state index in [9.17, 15) is 19.2 Å². The molecule has 0 aliphatic carbocycles. The van der Waals surface area contributed by atoms with E-state index in [-0.39, 0.29) is 81.8 Å². The second-order valence-electron chi connectivity index (χ2n) is 6.04. The smallest absolute Gasteiger partial charge is 0.396 e. The predicted octanol–water partition coefficient (Wildman–Crippen LogP) is 1.22. The number of carboxylic acids is 1. The van der Waals surface area contributed by atoms with Crippen LogP contribution in [-0.2, 0) is 42.7 Å². The number of carbonyl (C=O) groups is 4. The molecule has 0 saturated carbocycles. The summed E-state index contributed by atoms with van der Waals surface area (Å²) in [6.45, 7) is 1.82. The summed E-state index contributed by atoms with van der Waals surface area (Å²) in [6.07, 6.45) is 0.0510. The molecule has 0 rings (SSSR count). The maximum absolute atomic E-state index is 12.0. The van der Waals surface area contributed by atoms with Crippen LogP contribution in [0.4, 0.5) is 0 Å². The second kappa shape index (κ2) is 28.1. The summed E-state index contributed by atoms with van der Waals surface area (Å²) >= 11 is 0. The zero-order valence-corrected chi connectivity index (χ0v) is 18.1. The summed E-state index contributed by atoms with van der Waals surface area (Å²) in [6, 6.07) is -1.58. The van der Waals surface area contributed by atoms with Crippen LogP contribution in [0, 0.1) is 0 Å². The third kappa shape index (κ3) is 23.4. The molecule has 14 heteroatoms. The van der Waals surface area contributed by atoms with Crippen molar-refractivity contribution in [2.45, 2.75) is 74.3 Å². The van der Waals surface area contributed by atoms with E-state index in [1.807, 2.05) is 0 Å². The number of likely N-dealkylation sites (N-methyl/N-ethyl adjacent to an activating group) is 1. The van der Waals surface area contributed by atoms with E-state index >= 15 is 0 Å². The van der Waals surface area contributed by atoms with Gasteiger partial charge in [-0.3, -0.25) is 19.2 Å². The molecule has 0 aromatic carbocycles.